The zero-order valence-corrected chi connectivity index (χ0v) is 11.1. The molecule has 0 aliphatic rings. The number of nitriles is 1. The van der Waals surface area contributed by atoms with Crippen molar-refractivity contribution in [1.29, 1.82) is 5.26 Å². The number of hydrogen-bond donors (Lipinski definition) is 1. The van der Waals surface area contributed by atoms with Gasteiger partial charge in [0.05, 0.1) is 18.2 Å². The summed E-state index contributed by atoms with van der Waals surface area (Å²) in [6.45, 7) is 1.69. The number of rotatable bonds is 3. The van der Waals surface area contributed by atoms with Crippen LogP contribution in [0.4, 0.5) is 0 Å². The summed E-state index contributed by atoms with van der Waals surface area (Å²) in [6, 6.07) is 12.5. The average Bonchev–Trinajstić information content (AvgIpc) is 2.41. The van der Waals surface area contributed by atoms with Crippen molar-refractivity contribution in [1.82, 2.24) is 0 Å². The second kappa shape index (κ2) is 5.75. The molecule has 2 rings (SSSR count). The van der Waals surface area contributed by atoms with Crippen molar-refractivity contribution in [3.8, 4) is 17.6 Å². The smallest absolute Gasteiger partial charge is 0.134 e. The van der Waals surface area contributed by atoms with Crippen molar-refractivity contribution in [3.63, 3.8) is 0 Å². The first-order valence-corrected chi connectivity index (χ1v) is 6.10. The maximum atomic E-state index is 9.33. The van der Waals surface area contributed by atoms with Crippen LogP contribution in [0.15, 0.2) is 36.4 Å². The van der Waals surface area contributed by atoms with Gasteiger partial charge in [-0.2, -0.15) is 5.26 Å². The molecule has 2 aromatic carbocycles. The number of aryl methyl sites for hydroxylation is 1. The van der Waals surface area contributed by atoms with E-state index < -0.39 is 0 Å². The second-order valence-electron chi connectivity index (χ2n) is 4.07. The summed E-state index contributed by atoms with van der Waals surface area (Å²) in [5.41, 5.74) is 1.96. The van der Waals surface area contributed by atoms with E-state index in [4.69, 9.17) is 21.6 Å². The van der Waals surface area contributed by atoms with Gasteiger partial charge < -0.3 is 9.84 Å². The minimum absolute atomic E-state index is 0.202. The van der Waals surface area contributed by atoms with Crippen molar-refractivity contribution < 1.29 is 9.84 Å². The summed E-state index contributed by atoms with van der Waals surface area (Å²) in [6.07, 6.45) is 0. The van der Waals surface area contributed by atoms with Gasteiger partial charge >= 0.3 is 0 Å². The highest BCUT2D eigenvalue weighted by atomic mass is 35.5. The summed E-state index contributed by atoms with van der Waals surface area (Å²) in [7, 11) is 0. The molecule has 96 valence electrons. The van der Waals surface area contributed by atoms with E-state index in [1.165, 1.54) is 0 Å². The molecule has 0 radical (unpaired) electrons. The van der Waals surface area contributed by atoms with Crippen LogP contribution in [0.5, 0.6) is 11.5 Å². The lowest BCUT2D eigenvalue weighted by Crippen LogP contribution is -1.94. The third-order valence-electron chi connectivity index (χ3n) is 2.77. The number of benzene rings is 2. The maximum Gasteiger partial charge on any atom is 0.134 e. The van der Waals surface area contributed by atoms with Gasteiger partial charge in [-0.3, -0.25) is 0 Å². The van der Waals surface area contributed by atoms with E-state index in [-0.39, 0.29) is 6.61 Å². The summed E-state index contributed by atoms with van der Waals surface area (Å²) in [5, 5.41) is 18.7. The molecular weight excluding hydrogens is 262 g/mol. The Hall–Kier alpha value is -2.02. The van der Waals surface area contributed by atoms with Gasteiger partial charge in [-0.25, -0.2) is 0 Å². The summed E-state index contributed by atoms with van der Waals surface area (Å²) < 4.78 is 5.76. The first-order valence-electron chi connectivity index (χ1n) is 5.72. The SMILES string of the molecule is Cc1ccc(C#N)cc1Oc1cccc(Cl)c1CO. The van der Waals surface area contributed by atoms with Gasteiger partial charge in [0.2, 0.25) is 0 Å². The van der Waals surface area contributed by atoms with Gasteiger partial charge in [-0.1, -0.05) is 23.7 Å². The molecule has 0 atom stereocenters. The van der Waals surface area contributed by atoms with E-state index in [0.717, 1.165) is 5.56 Å². The van der Waals surface area contributed by atoms with Crippen LogP contribution in [0.1, 0.15) is 16.7 Å². The molecular formula is C15H12ClNO2. The highest BCUT2D eigenvalue weighted by Gasteiger charge is 2.10. The van der Waals surface area contributed by atoms with Crippen LogP contribution in [0.25, 0.3) is 0 Å². The zero-order valence-electron chi connectivity index (χ0n) is 10.4. The maximum absolute atomic E-state index is 9.33. The Labute approximate surface area is 116 Å². The number of ether oxygens (including phenoxy) is 1. The summed E-state index contributed by atoms with van der Waals surface area (Å²) in [5.74, 6) is 1.07. The Morgan fingerprint density at radius 3 is 2.74 bits per heavy atom. The van der Waals surface area contributed by atoms with Crippen LogP contribution < -0.4 is 4.74 Å². The fraction of sp³-hybridized carbons (Fsp3) is 0.133. The largest absolute Gasteiger partial charge is 0.457 e. The molecule has 3 nitrogen and oxygen atoms in total. The molecule has 19 heavy (non-hydrogen) atoms. The van der Waals surface area contributed by atoms with E-state index in [2.05, 4.69) is 6.07 Å². The van der Waals surface area contributed by atoms with Crippen LogP contribution in [0.3, 0.4) is 0 Å². The quantitative estimate of drug-likeness (QED) is 0.925. The van der Waals surface area contributed by atoms with E-state index in [1.807, 2.05) is 13.0 Å². The molecule has 0 saturated heterocycles. The Morgan fingerprint density at radius 2 is 2.05 bits per heavy atom. The van der Waals surface area contributed by atoms with Gasteiger partial charge in [0.1, 0.15) is 11.5 Å². The Kier molecular flexibility index (Phi) is 4.06. The van der Waals surface area contributed by atoms with Crippen LogP contribution in [0.2, 0.25) is 5.02 Å². The fourth-order valence-corrected chi connectivity index (χ4v) is 1.91. The van der Waals surface area contributed by atoms with Crippen molar-refractivity contribution in [2.24, 2.45) is 0 Å². The van der Waals surface area contributed by atoms with Gasteiger partial charge in [-0.05, 0) is 36.8 Å². The first-order chi connectivity index (χ1) is 9.15. The van der Waals surface area contributed by atoms with Gasteiger partial charge in [-0.15, -0.1) is 0 Å². The highest BCUT2D eigenvalue weighted by Crippen LogP contribution is 2.32. The molecule has 0 aromatic heterocycles. The lowest BCUT2D eigenvalue weighted by molar-refractivity contribution is 0.276. The number of aliphatic hydroxyl groups is 1. The van der Waals surface area contributed by atoms with Crippen LogP contribution >= 0.6 is 11.6 Å². The molecule has 0 fully saturated rings. The van der Waals surface area contributed by atoms with E-state index in [0.29, 0.717) is 27.6 Å². The lowest BCUT2D eigenvalue weighted by atomic mass is 10.1. The topological polar surface area (TPSA) is 53.2 Å². The summed E-state index contributed by atoms with van der Waals surface area (Å²) in [4.78, 5) is 0. The summed E-state index contributed by atoms with van der Waals surface area (Å²) >= 11 is 6.00. The number of aliphatic hydroxyl groups excluding tert-OH is 1. The van der Waals surface area contributed by atoms with Crippen molar-refractivity contribution in [2.45, 2.75) is 13.5 Å². The van der Waals surface area contributed by atoms with Crippen molar-refractivity contribution in [2.75, 3.05) is 0 Å². The third kappa shape index (κ3) is 2.87. The minimum atomic E-state index is -0.202. The molecule has 2 aromatic rings. The van der Waals surface area contributed by atoms with E-state index in [9.17, 15) is 5.11 Å². The molecule has 0 aliphatic heterocycles. The lowest BCUT2D eigenvalue weighted by Gasteiger charge is -2.13. The molecule has 0 amide bonds. The number of nitrogens with zero attached hydrogens (tertiary/aromatic N) is 1. The molecule has 0 spiro atoms. The normalized spacial score (nSPS) is 10.0. The monoisotopic (exact) mass is 273 g/mol. The average molecular weight is 274 g/mol. The molecule has 0 heterocycles. The molecule has 0 unspecified atom stereocenters. The predicted molar refractivity (Wildman–Crippen MR) is 73.3 cm³/mol. The molecule has 4 heteroatoms. The van der Waals surface area contributed by atoms with Gasteiger partial charge in [0.25, 0.3) is 0 Å². The second-order valence-corrected chi connectivity index (χ2v) is 4.48. The molecule has 0 saturated carbocycles. The Bertz CT molecular complexity index is 647. The number of hydrogen-bond acceptors (Lipinski definition) is 3. The van der Waals surface area contributed by atoms with Gasteiger partial charge in [0, 0.05) is 10.6 Å². The fourth-order valence-electron chi connectivity index (χ4n) is 1.69. The standard InChI is InChI=1S/C15H12ClNO2/c1-10-5-6-11(8-17)7-15(10)19-14-4-2-3-13(16)12(14)9-18/h2-7,18H,9H2,1H3. The van der Waals surface area contributed by atoms with E-state index >= 15 is 0 Å². The van der Waals surface area contributed by atoms with Crippen LogP contribution in [-0.2, 0) is 6.61 Å². The molecule has 0 aliphatic carbocycles. The molecule has 1 N–H and O–H groups in total. The Morgan fingerprint density at radius 1 is 1.26 bits per heavy atom. The van der Waals surface area contributed by atoms with Crippen LogP contribution in [-0.4, -0.2) is 5.11 Å². The first kappa shape index (κ1) is 13.4. The minimum Gasteiger partial charge on any atom is -0.457 e. The van der Waals surface area contributed by atoms with Crippen molar-refractivity contribution in [3.05, 3.63) is 58.1 Å². The highest BCUT2D eigenvalue weighted by molar-refractivity contribution is 6.31. The van der Waals surface area contributed by atoms with Gasteiger partial charge in [0.15, 0.2) is 0 Å². The molecule has 0 bridgehead atoms. The van der Waals surface area contributed by atoms with Crippen molar-refractivity contribution >= 4 is 11.6 Å². The van der Waals surface area contributed by atoms with E-state index in [1.54, 1.807) is 30.3 Å². The Balaban J connectivity index is 2.42. The number of halogens is 1. The zero-order chi connectivity index (χ0) is 13.8. The van der Waals surface area contributed by atoms with Crippen LogP contribution in [0, 0.1) is 18.3 Å². The third-order valence-corrected chi connectivity index (χ3v) is 3.13. The predicted octanol–water partition coefficient (Wildman–Crippen LogP) is 3.80.